The lowest BCUT2D eigenvalue weighted by molar-refractivity contribution is -0.118. The van der Waals surface area contributed by atoms with E-state index in [1.807, 2.05) is 24.3 Å². The summed E-state index contributed by atoms with van der Waals surface area (Å²) in [6.45, 7) is -0.0702. The first-order valence-electron chi connectivity index (χ1n) is 6.92. The van der Waals surface area contributed by atoms with Crippen LogP contribution < -0.4 is 10.1 Å². The number of benzene rings is 3. The fourth-order valence-corrected chi connectivity index (χ4v) is 2.25. The quantitative estimate of drug-likeness (QED) is 0.773. The van der Waals surface area contributed by atoms with Crippen molar-refractivity contribution in [3.63, 3.8) is 0 Å². The number of para-hydroxylation sites is 1. The summed E-state index contributed by atoms with van der Waals surface area (Å²) in [5, 5.41) is 14.1. The number of carbonyl (C=O) groups is 1. The molecule has 0 fully saturated rings. The average molecular weight is 293 g/mol. The highest BCUT2D eigenvalue weighted by Crippen LogP contribution is 2.29. The van der Waals surface area contributed by atoms with Gasteiger partial charge in [0.25, 0.3) is 5.91 Å². The highest BCUT2D eigenvalue weighted by atomic mass is 16.5. The van der Waals surface area contributed by atoms with Gasteiger partial charge >= 0.3 is 0 Å². The molecule has 3 aromatic rings. The van der Waals surface area contributed by atoms with Gasteiger partial charge in [-0.2, -0.15) is 0 Å². The van der Waals surface area contributed by atoms with E-state index in [0.29, 0.717) is 16.8 Å². The molecule has 1 amide bonds. The standard InChI is InChI=1S/C18H15NO3/c20-17-11-5-8-14-15(17)9-4-10-16(14)19-18(21)12-22-13-6-2-1-3-7-13/h1-11,20H,12H2,(H,19,21). The van der Waals surface area contributed by atoms with Gasteiger partial charge in [0.1, 0.15) is 11.5 Å². The Morgan fingerprint density at radius 3 is 2.45 bits per heavy atom. The molecule has 0 heterocycles. The maximum atomic E-state index is 12.0. The molecule has 110 valence electrons. The van der Waals surface area contributed by atoms with Gasteiger partial charge in [-0.1, -0.05) is 42.5 Å². The van der Waals surface area contributed by atoms with Gasteiger partial charge in [0.2, 0.25) is 0 Å². The number of aromatic hydroxyl groups is 1. The molecular formula is C18H15NO3. The van der Waals surface area contributed by atoms with E-state index in [9.17, 15) is 9.90 Å². The second-order valence-electron chi connectivity index (χ2n) is 4.83. The zero-order valence-corrected chi connectivity index (χ0v) is 11.8. The van der Waals surface area contributed by atoms with Crippen LogP contribution in [0, 0.1) is 0 Å². The Labute approximate surface area is 128 Å². The number of ether oxygens (including phenoxy) is 1. The SMILES string of the molecule is O=C(COc1ccccc1)Nc1cccc2c(O)cccc12. The summed E-state index contributed by atoms with van der Waals surface area (Å²) in [5.74, 6) is 0.585. The lowest BCUT2D eigenvalue weighted by atomic mass is 10.1. The Bertz CT molecular complexity index is 800. The summed E-state index contributed by atoms with van der Waals surface area (Å²) in [5.41, 5.74) is 0.648. The molecule has 4 heteroatoms. The Kier molecular flexibility index (Phi) is 3.92. The molecule has 4 nitrogen and oxygen atoms in total. The number of phenolic OH excluding ortho intramolecular Hbond substituents is 1. The second kappa shape index (κ2) is 6.18. The maximum Gasteiger partial charge on any atom is 0.262 e. The molecular weight excluding hydrogens is 278 g/mol. The van der Waals surface area contributed by atoms with Crippen LogP contribution >= 0.6 is 0 Å². The first kappa shape index (κ1) is 13.9. The molecule has 2 N–H and O–H groups in total. The highest BCUT2D eigenvalue weighted by Gasteiger charge is 2.08. The van der Waals surface area contributed by atoms with Crippen molar-refractivity contribution in [1.29, 1.82) is 0 Å². The smallest absolute Gasteiger partial charge is 0.262 e. The molecule has 3 aromatic carbocycles. The minimum absolute atomic E-state index is 0.0702. The Hall–Kier alpha value is -3.01. The number of phenols is 1. The van der Waals surface area contributed by atoms with Crippen molar-refractivity contribution < 1.29 is 14.6 Å². The Morgan fingerprint density at radius 2 is 1.64 bits per heavy atom. The number of rotatable bonds is 4. The summed E-state index contributed by atoms with van der Waals surface area (Å²) >= 11 is 0. The van der Waals surface area contributed by atoms with Crippen molar-refractivity contribution in [2.75, 3.05) is 11.9 Å². The van der Waals surface area contributed by atoms with Gasteiger partial charge in [-0.05, 0) is 24.3 Å². The number of fused-ring (bicyclic) bond motifs is 1. The molecule has 0 aliphatic carbocycles. The molecule has 0 aliphatic heterocycles. The Morgan fingerprint density at radius 1 is 0.909 bits per heavy atom. The number of nitrogens with one attached hydrogen (secondary N) is 1. The zero-order valence-electron chi connectivity index (χ0n) is 11.8. The van der Waals surface area contributed by atoms with E-state index >= 15 is 0 Å². The summed E-state index contributed by atoms with van der Waals surface area (Å²) in [6.07, 6.45) is 0. The number of hydrogen-bond donors (Lipinski definition) is 2. The summed E-state index contributed by atoms with van der Waals surface area (Å²) in [7, 11) is 0. The predicted molar refractivity (Wildman–Crippen MR) is 86.2 cm³/mol. The minimum Gasteiger partial charge on any atom is -0.507 e. The fraction of sp³-hybridized carbons (Fsp3) is 0.0556. The second-order valence-corrected chi connectivity index (χ2v) is 4.83. The van der Waals surface area contributed by atoms with E-state index in [1.165, 1.54) is 0 Å². The van der Waals surface area contributed by atoms with E-state index in [0.717, 1.165) is 5.39 Å². The molecule has 0 unspecified atom stereocenters. The molecule has 22 heavy (non-hydrogen) atoms. The zero-order chi connectivity index (χ0) is 15.4. The number of carbonyl (C=O) groups excluding carboxylic acids is 1. The van der Waals surface area contributed by atoms with Crippen LogP contribution in [0.25, 0.3) is 10.8 Å². The van der Waals surface area contributed by atoms with Crippen molar-refractivity contribution in [2.24, 2.45) is 0 Å². The normalized spacial score (nSPS) is 10.4. The summed E-state index contributed by atoms with van der Waals surface area (Å²) in [6, 6.07) is 19.8. The number of hydrogen-bond acceptors (Lipinski definition) is 3. The van der Waals surface area contributed by atoms with Crippen LogP contribution in [0.4, 0.5) is 5.69 Å². The van der Waals surface area contributed by atoms with E-state index in [2.05, 4.69) is 5.32 Å². The number of amides is 1. The monoisotopic (exact) mass is 293 g/mol. The van der Waals surface area contributed by atoms with Gasteiger partial charge in [0, 0.05) is 16.5 Å². The van der Waals surface area contributed by atoms with Gasteiger partial charge in [-0.3, -0.25) is 4.79 Å². The van der Waals surface area contributed by atoms with Crippen molar-refractivity contribution in [1.82, 2.24) is 0 Å². The van der Waals surface area contributed by atoms with Crippen LogP contribution in [-0.4, -0.2) is 17.6 Å². The van der Waals surface area contributed by atoms with Gasteiger partial charge < -0.3 is 15.2 Å². The summed E-state index contributed by atoms with van der Waals surface area (Å²) < 4.78 is 5.41. The minimum atomic E-state index is -0.250. The average Bonchev–Trinajstić information content (AvgIpc) is 2.55. The highest BCUT2D eigenvalue weighted by molar-refractivity contribution is 6.04. The van der Waals surface area contributed by atoms with Crippen LogP contribution in [0.15, 0.2) is 66.7 Å². The van der Waals surface area contributed by atoms with Crippen molar-refractivity contribution in [2.45, 2.75) is 0 Å². The van der Waals surface area contributed by atoms with Gasteiger partial charge in [0.05, 0.1) is 0 Å². The Balaban J connectivity index is 1.73. The van der Waals surface area contributed by atoms with Crippen molar-refractivity contribution in [3.8, 4) is 11.5 Å². The van der Waals surface area contributed by atoms with E-state index < -0.39 is 0 Å². The molecule has 0 spiro atoms. The van der Waals surface area contributed by atoms with Gasteiger partial charge in [-0.15, -0.1) is 0 Å². The molecule has 0 saturated carbocycles. The van der Waals surface area contributed by atoms with Gasteiger partial charge in [-0.25, -0.2) is 0 Å². The van der Waals surface area contributed by atoms with Crippen molar-refractivity contribution in [3.05, 3.63) is 66.7 Å². The molecule has 0 radical (unpaired) electrons. The van der Waals surface area contributed by atoms with Crippen LogP contribution in [-0.2, 0) is 4.79 Å². The van der Waals surface area contributed by atoms with Crippen LogP contribution in [0.5, 0.6) is 11.5 Å². The van der Waals surface area contributed by atoms with E-state index in [1.54, 1.807) is 42.5 Å². The first-order chi connectivity index (χ1) is 10.7. The maximum absolute atomic E-state index is 12.0. The summed E-state index contributed by atoms with van der Waals surface area (Å²) in [4.78, 5) is 12.0. The van der Waals surface area contributed by atoms with Crippen LogP contribution in [0.1, 0.15) is 0 Å². The molecule has 0 atom stereocenters. The third-order valence-corrected chi connectivity index (χ3v) is 3.29. The lowest BCUT2D eigenvalue weighted by Gasteiger charge is -2.10. The fourth-order valence-electron chi connectivity index (χ4n) is 2.25. The molecule has 0 bridgehead atoms. The van der Waals surface area contributed by atoms with E-state index in [-0.39, 0.29) is 18.3 Å². The molecule has 0 aromatic heterocycles. The van der Waals surface area contributed by atoms with E-state index in [4.69, 9.17) is 4.74 Å². The number of anilines is 1. The van der Waals surface area contributed by atoms with Crippen molar-refractivity contribution >= 4 is 22.4 Å². The topological polar surface area (TPSA) is 58.6 Å². The van der Waals surface area contributed by atoms with Gasteiger partial charge in [0.15, 0.2) is 6.61 Å². The molecule has 0 aliphatic rings. The first-order valence-corrected chi connectivity index (χ1v) is 6.92. The third kappa shape index (κ3) is 3.01. The largest absolute Gasteiger partial charge is 0.507 e. The van der Waals surface area contributed by atoms with Crippen LogP contribution in [0.2, 0.25) is 0 Å². The predicted octanol–water partition coefficient (Wildman–Crippen LogP) is 3.56. The lowest BCUT2D eigenvalue weighted by Crippen LogP contribution is -2.20. The third-order valence-electron chi connectivity index (χ3n) is 3.29. The molecule has 0 saturated heterocycles. The molecule has 3 rings (SSSR count). The van der Waals surface area contributed by atoms with Crippen LogP contribution in [0.3, 0.4) is 0 Å².